The monoisotopic (exact) mass is 346 g/mol. The SMILES string of the molecule is Fc1ccc([C@H](c2ccc(Cl)s2)N2CCNCC2)c(F)c1F. The summed E-state index contributed by atoms with van der Waals surface area (Å²) < 4.78 is 41.7. The van der Waals surface area contributed by atoms with E-state index in [1.807, 2.05) is 0 Å². The summed E-state index contributed by atoms with van der Waals surface area (Å²) in [5, 5.41) is 3.22. The van der Waals surface area contributed by atoms with Crippen molar-refractivity contribution in [1.82, 2.24) is 10.2 Å². The van der Waals surface area contributed by atoms with E-state index in [1.54, 1.807) is 12.1 Å². The van der Waals surface area contributed by atoms with Crippen molar-refractivity contribution < 1.29 is 13.2 Å². The van der Waals surface area contributed by atoms with Crippen molar-refractivity contribution in [3.63, 3.8) is 0 Å². The Morgan fingerprint density at radius 1 is 1.05 bits per heavy atom. The Bertz CT molecular complexity index is 671. The number of nitrogens with zero attached hydrogens (tertiary/aromatic N) is 1. The van der Waals surface area contributed by atoms with Gasteiger partial charge in [0.2, 0.25) is 0 Å². The second kappa shape index (κ2) is 6.58. The van der Waals surface area contributed by atoms with E-state index in [-0.39, 0.29) is 5.56 Å². The topological polar surface area (TPSA) is 15.3 Å². The van der Waals surface area contributed by atoms with E-state index in [1.165, 1.54) is 17.4 Å². The van der Waals surface area contributed by atoms with Gasteiger partial charge in [0.1, 0.15) is 0 Å². The first-order valence-electron chi connectivity index (χ1n) is 6.91. The summed E-state index contributed by atoms with van der Waals surface area (Å²) in [4.78, 5) is 2.87. The van der Waals surface area contributed by atoms with Crippen LogP contribution in [0.4, 0.5) is 13.2 Å². The lowest BCUT2D eigenvalue weighted by Gasteiger charge is -2.34. The van der Waals surface area contributed by atoms with Crippen LogP contribution in [-0.2, 0) is 0 Å². The number of nitrogens with one attached hydrogen (secondary N) is 1. The first-order valence-corrected chi connectivity index (χ1v) is 8.11. The van der Waals surface area contributed by atoms with Gasteiger partial charge in [-0.05, 0) is 18.2 Å². The predicted molar refractivity (Wildman–Crippen MR) is 81.9 cm³/mol. The maximum atomic E-state index is 14.3. The third kappa shape index (κ3) is 3.01. The van der Waals surface area contributed by atoms with Crippen molar-refractivity contribution in [2.75, 3.05) is 26.2 Å². The molecule has 1 saturated heterocycles. The van der Waals surface area contributed by atoms with Crippen LogP contribution in [0.25, 0.3) is 0 Å². The fourth-order valence-corrected chi connectivity index (χ4v) is 3.91. The molecule has 7 heteroatoms. The van der Waals surface area contributed by atoms with Gasteiger partial charge in [0, 0.05) is 36.6 Å². The van der Waals surface area contributed by atoms with Gasteiger partial charge < -0.3 is 5.32 Å². The summed E-state index contributed by atoms with van der Waals surface area (Å²) in [5.74, 6) is -3.74. The van der Waals surface area contributed by atoms with Gasteiger partial charge in [0.15, 0.2) is 17.5 Å². The quantitative estimate of drug-likeness (QED) is 0.850. The van der Waals surface area contributed by atoms with E-state index in [2.05, 4.69) is 10.2 Å². The fourth-order valence-electron chi connectivity index (χ4n) is 2.70. The maximum absolute atomic E-state index is 14.3. The Morgan fingerprint density at radius 3 is 2.41 bits per heavy atom. The number of hydrogen-bond acceptors (Lipinski definition) is 3. The third-order valence-corrected chi connectivity index (χ3v) is 5.02. The molecule has 0 spiro atoms. The molecule has 1 fully saturated rings. The average Bonchev–Trinajstić information content (AvgIpc) is 2.95. The fraction of sp³-hybridized carbons (Fsp3) is 0.333. The molecule has 2 heterocycles. The van der Waals surface area contributed by atoms with E-state index >= 15 is 0 Å². The molecular formula is C15H14ClF3N2S. The van der Waals surface area contributed by atoms with Crippen LogP contribution in [0.5, 0.6) is 0 Å². The zero-order chi connectivity index (χ0) is 15.7. The minimum atomic E-state index is -1.43. The van der Waals surface area contributed by atoms with Crippen LogP contribution in [0.2, 0.25) is 4.34 Å². The predicted octanol–water partition coefficient (Wildman–Crippen LogP) is 3.81. The van der Waals surface area contributed by atoms with Crippen LogP contribution < -0.4 is 5.32 Å². The number of piperazine rings is 1. The van der Waals surface area contributed by atoms with Gasteiger partial charge in [-0.25, -0.2) is 13.2 Å². The first-order chi connectivity index (χ1) is 10.6. The normalized spacial score (nSPS) is 17.6. The van der Waals surface area contributed by atoms with E-state index < -0.39 is 23.5 Å². The largest absolute Gasteiger partial charge is 0.314 e. The summed E-state index contributed by atoms with van der Waals surface area (Å²) in [6, 6.07) is 5.36. The summed E-state index contributed by atoms with van der Waals surface area (Å²) >= 11 is 7.31. The van der Waals surface area contributed by atoms with Crippen molar-refractivity contribution in [1.29, 1.82) is 0 Å². The first kappa shape index (κ1) is 15.8. The molecule has 2 nitrogen and oxygen atoms in total. The second-order valence-electron chi connectivity index (χ2n) is 5.09. The highest BCUT2D eigenvalue weighted by molar-refractivity contribution is 7.16. The average molecular weight is 347 g/mol. The Labute approximate surface area is 135 Å². The van der Waals surface area contributed by atoms with Crippen LogP contribution >= 0.6 is 22.9 Å². The highest BCUT2D eigenvalue weighted by Crippen LogP contribution is 2.37. The molecule has 1 atom stereocenters. The molecule has 0 amide bonds. The highest BCUT2D eigenvalue weighted by Gasteiger charge is 2.29. The minimum Gasteiger partial charge on any atom is -0.314 e. The molecule has 1 N–H and O–H groups in total. The van der Waals surface area contributed by atoms with Gasteiger partial charge in [-0.2, -0.15) is 0 Å². The molecule has 118 valence electrons. The van der Waals surface area contributed by atoms with Crippen LogP contribution in [0.1, 0.15) is 16.5 Å². The van der Waals surface area contributed by atoms with Crippen molar-refractivity contribution in [3.8, 4) is 0 Å². The van der Waals surface area contributed by atoms with Gasteiger partial charge in [0.05, 0.1) is 10.4 Å². The number of thiophene rings is 1. The number of halogens is 4. The molecule has 1 aliphatic heterocycles. The molecule has 0 bridgehead atoms. The number of hydrogen-bond donors (Lipinski definition) is 1. The zero-order valence-electron chi connectivity index (χ0n) is 11.6. The molecule has 1 aromatic carbocycles. The Kier molecular flexibility index (Phi) is 4.73. The van der Waals surface area contributed by atoms with Crippen molar-refractivity contribution in [2.45, 2.75) is 6.04 Å². The smallest absolute Gasteiger partial charge is 0.194 e. The molecule has 1 aromatic heterocycles. The lowest BCUT2D eigenvalue weighted by molar-refractivity contribution is 0.196. The third-order valence-electron chi connectivity index (χ3n) is 3.74. The van der Waals surface area contributed by atoms with Crippen molar-refractivity contribution >= 4 is 22.9 Å². The molecular weight excluding hydrogens is 333 g/mol. The molecule has 0 saturated carbocycles. The van der Waals surface area contributed by atoms with Gasteiger partial charge in [-0.15, -0.1) is 11.3 Å². The Hall–Kier alpha value is -1.08. The van der Waals surface area contributed by atoms with Crippen molar-refractivity contribution in [2.24, 2.45) is 0 Å². The molecule has 22 heavy (non-hydrogen) atoms. The minimum absolute atomic E-state index is 0.138. The van der Waals surface area contributed by atoms with Gasteiger partial charge >= 0.3 is 0 Å². The van der Waals surface area contributed by atoms with Gasteiger partial charge in [0.25, 0.3) is 0 Å². The number of benzene rings is 1. The standard InChI is InChI=1S/C15H14ClF3N2S/c16-12-4-3-11(22-12)15(21-7-5-20-6-8-21)9-1-2-10(17)14(19)13(9)18/h1-4,15,20H,5-8H2/t15-/m1/s1. The number of rotatable bonds is 3. The molecule has 0 radical (unpaired) electrons. The summed E-state index contributed by atoms with van der Waals surface area (Å²) in [6.07, 6.45) is 0. The summed E-state index contributed by atoms with van der Waals surface area (Å²) in [6.45, 7) is 2.92. The summed E-state index contributed by atoms with van der Waals surface area (Å²) in [7, 11) is 0. The maximum Gasteiger partial charge on any atom is 0.194 e. The highest BCUT2D eigenvalue weighted by atomic mass is 35.5. The van der Waals surface area contributed by atoms with Crippen LogP contribution in [0, 0.1) is 17.5 Å². The summed E-state index contributed by atoms with van der Waals surface area (Å²) in [5.41, 5.74) is 0.138. The lowest BCUT2D eigenvalue weighted by atomic mass is 10.0. The zero-order valence-corrected chi connectivity index (χ0v) is 13.2. The van der Waals surface area contributed by atoms with Crippen LogP contribution in [-0.4, -0.2) is 31.1 Å². The molecule has 2 aromatic rings. The van der Waals surface area contributed by atoms with Crippen LogP contribution in [0.3, 0.4) is 0 Å². The van der Waals surface area contributed by atoms with E-state index in [9.17, 15) is 13.2 Å². The second-order valence-corrected chi connectivity index (χ2v) is 6.84. The molecule has 1 aliphatic rings. The van der Waals surface area contributed by atoms with E-state index in [0.717, 1.165) is 24.0 Å². The molecule has 0 aliphatic carbocycles. The van der Waals surface area contributed by atoms with Gasteiger partial charge in [-0.1, -0.05) is 17.7 Å². The Morgan fingerprint density at radius 2 is 1.77 bits per heavy atom. The van der Waals surface area contributed by atoms with Crippen LogP contribution in [0.15, 0.2) is 24.3 Å². The molecule has 3 rings (SSSR count). The van der Waals surface area contributed by atoms with E-state index in [0.29, 0.717) is 17.4 Å². The molecule has 0 unspecified atom stereocenters. The van der Waals surface area contributed by atoms with Gasteiger partial charge in [-0.3, -0.25) is 4.90 Å². The van der Waals surface area contributed by atoms with E-state index in [4.69, 9.17) is 11.6 Å². The Balaban J connectivity index is 2.07. The van der Waals surface area contributed by atoms with Crippen molar-refractivity contribution in [3.05, 3.63) is 56.5 Å². The lowest BCUT2D eigenvalue weighted by Crippen LogP contribution is -2.45.